The Morgan fingerprint density at radius 2 is 1.95 bits per heavy atom. The third kappa shape index (κ3) is 1.83. The van der Waals surface area contributed by atoms with Gasteiger partial charge < -0.3 is 10.7 Å². The van der Waals surface area contributed by atoms with Gasteiger partial charge in [0.05, 0.1) is 16.8 Å². The average Bonchev–Trinajstić information content (AvgIpc) is 2.93. The molecule has 3 heterocycles. The van der Waals surface area contributed by atoms with E-state index in [1.165, 1.54) is 6.20 Å². The summed E-state index contributed by atoms with van der Waals surface area (Å²) in [6, 6.07) is 11.8. The first-order valence-corrected chi connectivity index (χ1v) is 6.85. The Kier molecular flexibility index (Phi) is 2.66. The first-order valence-electron chi connectivity index (χ1n) is 6.85. The fourth-order valence-electron chi connectivity index (χ4n) is 2.70. The number of nitrogens with one attached hydrogen (secondary N) is 1. The number of aromatic amines is 1. The van der Waals surface area contributed by atoms with Gasteiger partial charge in [-0.3, -0.25) is 14.8 Å². The molecule has 0 atom stereocenters. The number of hydrogen-bond donors (Lipinski definition) is 2. The molecule has 3 N–H and O–H groups in total. The van der Waals surface area contributed by atoms with Gasteiger partial charge in [-0.1, -0.05) is 18.2 Å². The Labute approximate surface area is 125 Å². The largest absolute Gasteiger partial charge is 0.366 e. The number of pyridine rings is 2. The summed E-state index contributed by atoms with van der Waals surface area (Å²) in [4.78, 5) is 23.3. The van der Waals surface area contributed by atoms with Crippen LogP contribution in [0.4, 0.5) is 0 Å². The van der Waals surface area contributed by atoms with Gasteiger partial charge in [0.1, 0.15) is 0 Å². The number of carbonyl (C=O) groups is 1. The van der Waals surface area contributed by atoms with Gasteiger partial charge >= 0.3 is 0 Å². The van der Waals surface area contributed by atoms with Crippen molar-refractivity contribution in [2.24, 2.45) is 5.73 Å². The fraction of sp³-hybridized carbons (Fsp3) is 0. The molecule has 0 aliphatic heterocycles. The SMILES string of the molecule is NC(=O)c1cncc(-c2nccc3c2[nH]c2ccccc23)c1. The minimum absolute atomic E-state index is 0.368. The van der Waals surface area contributed by atoms with Crippen LogP contribution in [0.1, 0.15) is 10.4 Å². The highest BCUT2D eigenvalue weighted by molar-refractivity contribution is 6.11. The maximum absolute atomic E-state index is 11.3. The summed E-state index contributed by atoms with van der Waals surface area (Å²) in [6.45, 7) is 0. The molecule has 4 aromatic rings. The third-order valence-electron chi connectivity index (χ3n) is 3.72. The van der Waals surface area contributed by atoms with Gasteiger partial charge in [-0.05, 0) is 18.2 Å². The van der Waals surface area contributed by atoms with Crippen LogP contribution in [0.5, 0.6) is 0 Å². The zero-order chi connectivity index (χ0) is 15.1. The van der Waals surface area contributed by atoms with E-state index in [1.54, 1.807) is 18.5 Å². The van der Waals surface area contributed by atoms with Crippen LogP contribution in [0.25, 0.3) is 33.1 Å². The zero-order valence-corrected chi connectivity index (χ0v) is 11.6. The predicted octanol–water partition coefficient (Wildman–Crippen LogP) is 2.88. The van der Waals surface area contributed by atoms with E-state index in [1.807, 2.05) is 24.3 Å². The maximum Gasteiger partial charge on any atom is 0.250 e. The minimum Gasteiger partial charge on any atom is -0.366 e. The van der Waals surface area contributed by atoms with E-state index in [4.69, 9.17) is 5.73 Å². The number of nitrogens with two attached hydrogens (primary N) is 1. The van der Waals surface area contributed by atoms with Gasteiger partial charge in [0, 0.05) is 40.4 Å². The number of para-hydroxylation sites is 1. The number of hydrogen-bond acceptors (Lipinski definition) is 3. The van der Waals surface area contributed by atoms with Crippen LogP contribution >= 0.6 is 0 Å². The highest BCUT2D eigenvalue weighted by Gasteiger charge is 2.12. The van der Waals surface area contributed by atoms with Crippen molar-refractivity contribution in [1.82, 2.24) is 15.0 Å². The van der Waals surface area contributed by atoms with Crippen molar-refractivity contribution in [1.29, 1.82) is 0 Å². The molecule has 1 amide bonds. The molecule has 5 heteroatoms. The lowest BCUT2D eigenvalue weighted by molar-refractivity contribution is 0.1000. The Morgan fingerprint density at radius 1 is 1.09 bits per heavy atom. The molecule has 0 fully saturated rings. The second-order valence-corrected chi connectivity index (χ2v) is 5.08. The van der Waals surface area contributed by atoms with Gasteiger partial charge in [-0.25, -0.2) is 0 Å². The second-order valence-electron chi connectivity index (χ2n) is 5.08. The van der Waals surface area contributed by atoms with E-state index in [0.717, 1.165) is 33.1 Å². The summed E-state index contributed by atoms with van der Waals surface area (Å²) < 4.78 is 0. The van der Waals surface area contributed by atoms with Gasteiger partial charge in [0.2, 0.25) is 5.91 Å². The van der Waals surface area contributed by atoms with Crippen molar-refractivity contribution in [3.63, 3.8) is 0 Å². The molecule has 0 radical (unpaired) electrons. The number of H-pyrrole nitrogens is 1. The van der Waals surface area contributed by atoms with E-state index in [0.29, 0.717) is 5.56 Å². The third-order valence-corrected chi connectivity index (χ3v) is 3.72. The molecule has 1 aromatic carbocycles. The van der Waals surface area contributed by atoms with Crippen molar-refractivity contribution >= 4 is 27.7 Å². The Balaban J connectivity index is 2.03. The molecule has 0 aliphatic carbocycles. The molecule has 0 saturated carbocycles. The molecule has 0 spiro atoms. The quantitative estimate of drug-likeness (QED) is 0.594. The standard InChI is InChI=1S/C17H12N4O/c18-17(22)11-7-10(8-19-9-11)15-16-13(5-6-20-15)12-3-1-2-4-14(12)21-16/h1-9,21H,(H2,18,22). The molecule has 106 valence electrons. The molecule has 5 nitrogen and oxygen atoms in total. The Hall–Kier alpha value is -3.21. The molecule has 0 aliphatic rings. The average molecular weight is 288 g/mol. The lowest BCUT2D eigenvalue weighted by Gasteiger charge is -2.03. The number of fused-ring (bicyclic) bond motifs is 3. The van der Waals surface area contributed by atoms with Crippen LogP contribution in [0.3, 0.4) is 0 Å². The van der Waals surface area contributed by atoms with Gasteiger partial charge in [-0.2, -0.15) is 0 Å². The van der Waals surface area contributed by atoms with Crippen LogP contribution in [-0.2, 0) is 0 Å². The molecule has 0 saturated heterocycles. The van der Waals surface area contributed by atoms with Crippen molar-refractivity contribution in [2.75, 3.05) is 0 Å². The summed E-state index contributed by atoms with van der Waals surface area (Å²) in [5, 5.41) is 2.23. The molecule has 3 aromatic heterocycles. The number of carbonyl (C=O) groups excluding carboxylic acids is 1. The maximum atomic E-state index is 11.3. The van der Waals surface area contributed by atoms with Crippen molar-refractivity contribution in [3.8, 4) is 11.3 Å². The number of aromatic nitrogens is 3. The molecule has 0 bridgehead atoms. The topological polar surface area (TPSA) is 84.7 Å². The van der Waals surface area contributed by atoms with Crippen LogP contribution < -0.4 is 5.73 Å². The number of amides is 1. The minimum atomic E-state index is -0.502. The van der Waals surface area contributed by atoms with Crippen molar-refractivity contribution in [2.45, 2.75) is 0 Å². The number of benzene rings is 1. The van der Waals surface area contributed by atoms with E-state index in [9.17, 15) is 4.79 Å². The van der Waals surface area contributed by atoms with E-state index < -0.39 is 5.91 Å². The predicted molar refractivity (Wildman–Crippen MR) is 85.3 cm³/mol. The fourth-order valence-corrected chi connectivity index (χ4v) is 2.70. The Morgan fingerprint density at radius 3 is 2.82 bits per heavy atom. The van der Waals surface area contributed by atoms with E-state index in [-0.39, 0.29) is 0 Å². The van der Waals surface area contributed by atoms with Crippen LogP contribution in [0, 0.1) is 0 Å². The lowest BCUT2D eigenvalue weighted by atomic mass is 10.1. The van der Waals surface area contributed by atoms with Crippen molar-refractivity contribution < 1.29 is 4.79 Å². The van der Waals surface area contributed by atoms with Gasteiger partial charge in [0.15, 0.2) is 0 Å². The Bertz CT molecular complexity index is 1020. The summed E-state index contributed by atoms with van der Waals surface area (Å²) in [7, 11) is 0. The van der Waals surface area contributed by atoms with Crippen LogP contribution in [0.2, 0.25) is 0 Å². The summed E-state index contributed by atoms with van der Waals surface area (Å²) in [5.41, 5.74) is 9.18. The summed E-state index contributed by atoms with van der Waals surface area (Å²) >= 11 is 0. The first kappa shape index (κ1) is 12.5. The smallest absolute Gasteiger partial charge is 0.250 e. The van der Waals surface area contributed by atoms with E-state index >= 15 is 0 Å². The van der Waals surface area contributed by atoms with E-state index in [2.05, 4.69) is 21.0 Å². The zero-order valence-electron chi connectivity index (χ0n) is 11.6. The highest BCUT2D eigenvalue weighted by atomic mass is 16.1. The molecule has 22 heavy (non-hydrogen) atoms. The molecule has 4 rings (SSSR count). The number of rotatable bonds is 2. The lowest BCUT2D eigenvalue weighted by Crippen LogP contribution is -2.11. The second kappa shape index (κ2) is 4.66. The first-order chi connectivity index (χ1) is 10.7. The van der Waals surface area contributed by atoms with Crippen LogP contribution in [-0.4, -0.2) is 20.9 Å². The number of primary amides is 1. The van der Waals surface area contributed by atoms with Gasteiger partial charge in [0.25, 0.3) is 0 Å². The number of nitrogens with zero attached hydrogens (tertiary/aromatic N) is 2. The van der Waals surface area contributed by atoms with Crippen LogP contribution in [0.15, 0.2) is 55.0 Å². The molecular weight excluding hydrogens is 276 g/mol. The summed E-state index contributed by atoms with van der Waals surface area (Å²) in [5.74, 6) is -0.502. The molecular formula is C17H12N4O. The van der Waals surface area contributed by atoms with Gasteiger partial charge in [-0.15, -0.1) is 0 Å². The van der Waals surface area contributed by atoms with Crippen molar-refractivity contribution in [3.05, 3.63) is 60.6 Å². The highest BCUT2D eigenvalue weighted by Crippen LogP contribution is 2.31. The summed E-state index contributed by atoms with van der Waals surface area (Å²) in [6.07, 6.45) is 4.89. The molecule has 0 unspecified atom stereocenters. The normalized spacial score (nSPS) is 11.1. The monoisotopic (exact) mass is 288 g/mol.